The number of nitrogens with one attached hydrogen (secondary N) is 4. The number of amides is 3. The summed E-state index contributed by atoms with van der Waals surface area (Å²) in [7, 11) is 0. The number of hydrogen-bond acceptors (Lipinski definition) is 5. The van der Waals surface area contributed by atoms with Crippen molar-refractivity contribution in [2.24, 2.45) is 0 Å². The average Bonchev–Trinajstić information content (AvgIpc) is 3.32. The summed E-state index contributed by atoms with van der Waals surface area (Å²) in [5.41, 5.74) is 3.40. The summed E-state index contributed by atoms with van der Waals surface area (Å²) in [4.78, 5) is 36.3. The Morgan fingerprint density at radius 3 is 2.31 bits per heavy atom. The summed E-state index contributed by atoms with van der Waals surface area (Å²) in [5, 5.41) is 11.6. The van der Waals surface area contributed by atoms with Gasteiger partial charge in [0.15, 0.2) is 0 Å². The fourth-order valence-electron chi connectivity index (χ4n) is 3.38. The smallest absolute Gasteiger partial charge is 0.251 e. The molecule has 1 atom stereocenters. The van der Waals surface area contributed by atoms with E-state index in [1.807, 2.05) is 6.92 Å². The highest BCUT2D eigenvalue weighted by Crippen LogP contribution is 2.23. The first-order chi connectivity index (χ1) is 15.5. The lowest BCUT2D eigenvalue weighted by Crippen LogP contribution is -2.31. The van der Waals surface area contributed by atoms with Crippen LogP contribution in [0.1, 0.15) is 42.1 Å². The third-order valence-corrected chi connectivity index (χ3v) is 5.32. The molecule has 0 radical (unpaired) electrons. The molecule has 1 fully saturated rings. The van der Waals surface area contributed by atoms with E-state index in [4.69, 9.17) is 4.74 Å². The van der Waals surface area contributed by atoms with E-state index in [2.05, 4.69) is 21.3 Å². The Morgan fingerprint density at radius 2 is 1.69 bits per heavy atom. The molecule has 1 heterocycles. The van der Waals surface area contributed by atoms with Gasteiger partial charge in [-0.1, -0.05) is 13.0 Å². The molecule has 1 aliphatic rings. The van der Waals surface area contributed by atoms with E-state index in [1.54, 1.807) is 49.4 Å². The van der Waals surface area contributed by atoms with E-state index in [-0.39, 0.29) is 30.4 Å². The summed E-state index contributed by atoms with van der Waals surface area (Å²) >= 11 is 0. The average molecular weight is 439 g/mol. The van der Waals surface area contributed by atoms with Crippen molar-refractivity contribution in [3.05, 3.63) is 53.6 Å². The van der Waals surface area contributed by atoms with Gasteiger partial charge >= 0.3 is 0 Å². The van der Waals surface area contributed by atoms with Gasteiger partial charge in [0.2, 0.25) is 11.8 Å². The summed E-state index contributed by atoms with van der Waals surface area (Å²) in [6, 6.07) is 12.3. The third-order valence-electron chi connectivity index (χ3n) is 5.32. The Hall–Kier alpha value is -3.39. The Morgan fingerprint density at radius 1 is 1.00 bits per heavy atom. The predicted octanol–water partition coefficient (Wildman–Crippen LogP) is 3.30. The van der Waals surface area contributed by atoms with Gasteiger partial charge < -0.3 is 26.0 Å². The number of ether oxygens (including phenoxy) is 1. The summed E-state index contributed by atoms with van der Waals surface area (Å²) in [6.45, 7) is 4.97. The molecule has 0 aliphatic carbocycles. The zero-order valence-corrected chi connectivity index (χ0v) is 18.5. The molecule has 8 heteroatoms. The van der Waals surface area contributed by atoms with Gasteiger partial charge in [0.05, 0.1) is 12.6 Å². The molecule has 0 saturated carbocycles. The first-order valence-electron chi connectivity index (χ1n) is 10.9. The molecule has 0 spiro atoms. The molecule has 1 aliphatic heterocycles. The van der Waals surface area contributed by atoms with Gasteiger partial charge in [-0.3, -0.25) is 14.4 Å². The van der Waals surface area contributed by atoms with E-state index < -0.39 is 0 Å². The Kier molecular flexibility index (Phi) is 8.21. The minimum atomic E-state index is -0.217. The highest BCUT2D eigenvalue weighted by molar-refractivity contribution is 5.97. The van der Waals surface area contributed by atoms with Gasteiger partial charge in [-0.25, -0.2) is 0 Å². The van der Waals surface area contributed by atoms with Gasteiger partial charge in [0.25, 0.3) is 5.91 Å². The molecule has 2 aromatic rings. The van der Waals surface area contributed by atoms with Crippen LogP contribution in [0.5, 0.6) is 0 Å². The fraction of sp³-hybridized carbons (Fsp3) is 0.375. The van der Waals surface area contributed by atoms with Gasteiger partial charge in [-0.05, 0) is 61.7 Å². The Labute approximate surface area is 188 Å². The van der Waals surface area contributed by atoms with Gasteiger partial charge in [-0.2, -0.15) is 0 Å². The van der Waals surface area contributed by atoms with E-state index in [1.165, 1.54) is 0 Å². The number of rotatable bonds is 9. The molecule has 3 rings (SSSR count). The zero-order valence-electron chi connectivity index (χ0n) is 18.5. The highest BCUT2D eigenvalue weighted by Gasteiger charge is 2.16. The van der Waals surface area contributed by atoms with Crippen LogP contribution in [0.4, 0.5) is 17.1 Å². The van der Waals surface area contributed by atoms with Crippen LogP contribution >= 0.6 is 0 Å². The number of benzene rings is 2. The molecule has 1 saturated heterocycles. The fourth-order valence-corrected chi connectivity index (χ4v) is 3.38. The molecule has 32 heavy (non-hydrogen) atoms. The first-order valence-corrected chi connectivity index (χ1v) is 10.9. The maximum absolute atomic E-state index is 12.4. The van der Waals surface area contributed by atoms with Crippen LogP contribution in [0.2, 0.25) is 0 Å². The number of anilines is 3. The SMILES string of the molecule is CCC(=O)Nc1cccc(NC(=O)CNc2ccc(C(=O)NCC3CCCO3)cc2)c1C. The van der Waals surface area contributed by atoms with Crippen molar-refractivity contribution in [1.29, 1.82) is 0 Å². The predicted molar refractivity (Wildman–Crippen MR) is 125 cm³/mol. The van der Waals surface area contributed by atoms with Crippen molar-refractivity contribution < 1.29 is 19.1 Å². The molecule has 4 N–H and O–H groups in total. The quantitative estimate of drug-likeness (QED) is 0.480. The van der Waals surface area contributed by atoms with Crippen LogP contribution in [-0.4, -0.2) is 43.5 Å². The molecule has 0 aromatic heterocycles. The molecule has 2 aromatic carbocycles. The standard InChI is InChI=1S/C24H30N4O4/c1-3-22(29)27-20-7-4-8-21(16(20)2)28-23(30)15-25-18-11-9-17(10-12-18)24(31)26-14-19-6-5-13-32-19/h4,7-12,19,25H,3,5-6,13-15H2,1-2H3,(H,26,31)(H,27,29)(H,28,30). The third kappa shape index (κ3) is 6.55. The summed E-state index contributed by atoms with van der Waals surface area (Å²) in [6.07, 6.45) is 2.50. The first kappa shape index (κ1) is 23.3. The van der Waals surface area contributed by atoms with Gasteiger partial charge in [0, 0.05) is 42.2 Å². The van der Waals surface area contributed by atoms with Crippen molar-refractivity contribution >= 4 is 34.8 Å². The van der Waals surface area contributed by atoms with Crippen LogP contribution in [0.25, 0.3) is 0 Å². The van der Waals surface area contributed by atoms with Crippen molar-refractivity contribution in [3.8, 4) is 0 Å². The van der Waals surface area contributed by atoms with Crippen molar-refractivity contribution in [3.63, 3.8) is 0 Å². The van der Waals surface area contributed by atoms with Gasteiger partial charge in [-0.15, -0.1) is 0 Å². The summed E-state index contributed by atoms with van der Waals surface area (Å²) in [5.74, 6) is -0.442. The van der Waals surface area contributed by atoms with E-state index in [0.29, 0.717) is 29.9 Å². The number of carbonyl (C=O) groups is 3. The lowest BCUT2D eigenvalue weighted by atomic mass is 10.1. The second-order valence-electron chi connectivity index (χ2n) is 7.70. The van der Waals surface area contributed by atoms with Crippen LogP contribution < -0.4 is 21.3 Å². The molecule has 170 valence electrons. The second kappa shape index (κ2) is 11.3. The summed E-state index contributed by atoms with van der Waals surface area (Å²) < 4.78 is 5.51. The molecule has 8 nitrogen and oxygen atoms in total. The van der Waals surface area contributed by atoms with Crippen LogP contribution in [0, 0.1) is 6.92 Å². The molecule has 0 bridgehead atoms. The lowest BCUT2D eigenvalue weighted by molar-refractivity contribution is -0.116. The molecule has 1 unspecified atom stereocenters. The normalized spacial score (nSPS) is 15.1. The van der Waals surface area contributed by atoms with E-state index in [9.17, 15) is 14.4 Å². The molecular formula is C24H30N4O4. The number of carbonyl (C=O) groups excluding carboxylic acids is 3. The highest BCUT2D eigenvalue weighted by atomic mass is 16.5. The monoisotopic (exact) mass is 438 g/mol. The van der Waals surface area contributed by atoms with E-state index >= 15 is 0 Å². The molecule has 3 amide bonds. The van der Waals surface area contributed by atoms with Crippen molar-refractivity contribution in [2.75, 3.05) is 35.6 Å². The minimum absolute atomic E-state index is 0.0650. The Bertz CT molecular complexity index is 953. The lowest BCUT2D eigenvalue weighted by Gasteiger charge is -2.14. The minimum Gasteiger partial charge on any atom is -0.376 e. The van der Waals surface area contributed by atoms with Gasteiger partial charge in [0.1, 0.15) is 0 Å². The molecular weight excluding hydrogens is 408 g/mol. The second-order valence-corrected chi connectivity index (χ2v) is 7.70. The van der Waals surface area contributed by atoms with Crippen LogP contribution in [-0.2, 0) is 14.3 Å². The topological polar surface area (TPSA) is 109 Å². The maximum Gasteiger partial charge on any atom is 0.251 e. The van der Waals surface area contributed by atoms with Crippen molar-refractivity contribution in [1.82, 2.24) is 5.32 Å². The van der Waals surface area contributed by atoms with Crippen LogP contribution in [0.3, 0.4) is 0 Å². The zero-order chi connectivity index (χ0) is 22.9. The van der Waals surface area contributed by atoms with Crippen LogP contribution in [0.15, 0.2) is 42.5 Å². The largest absolute Gasteiger partial charge is 0.376 e. The van der Waals surface area contributed by atoms with E-state index in [0.717, 1.165) is 30.7 Å². The van der Waals surface area contributed by atoms with Crippen molar-refractivity contribution in [2.45, 2.75) is 39.2 Å². The maximum atomic E-state index is 12.4. The Balaban J connectivity index is 1.48. The number of hydrogen-bond donors (Lipinski definition) is 4.